The summed E-state index contributed by atoms with van der Waals surface area (Å²) in [6, 6.07) is 5.29. The van der Waals surface area contributed by atoms with Crippen LogP contribution < -0.4 is 0 Å². The molecule has 1 heteroatoms. The van der Waals surface area contributed by atoms with Crippen molar-refractivity contribution in [2.24, 2.45) is 5.92 Å². The molecule has 1 atom stereocenters. The molecule has 2 rings (SSSR count). The minimum Gasteiger partial charge on any atom is -0.207 e. The fraction of sp³-hybridized carbons (Fsp3) is 0.600. The van der Waals surface area contributed by atoms with Crippen LogP contribution >= 0.6 is 0 Å². The van der Waals surface area contributed by atoms with Crippen LogP contribution in [0.3, 0.4) is 0 Å². The Morgan fingerprint density at radius 2 is 1.94 bits per heavy atom. The molecule has 1 aliphatic rings. The molecule has 0 aliphatic heterocycles. The highest BCUT2D eigenvalue weighted by Gasteiger charge is 2.22. The second kappa shape index (κ2) is 6.03. The molecule has 0 heterocycles. The van der Waals surface area contributed by atoms with Crippen LogP contribution in [0, 0.1) is 11.7 Å². The van der Waals surface area contributed by atoms with Gasteiger partial charge in [0.25, 0.3) is 0 Å². The van der Waals surface area contributed by atoms with E-state index in [4.69, 9.17) is 0 Å². The van der Waals surface area contributed by atoms with E-state index in [9.17, 15) is 4.39 Å². The molecule has 0 amide bonds. The number of hydrogen-bond donors (Lipinski definition) is 0. The molecule has 0 radical (unpaired) electrons. The smallest absolute Gasteiger partial charge is 0.123 e. The summed E-state index contributed by atoms with van der Waals surface area (Å²) in [4.78, 5) is 0. The number of fused-ring (bicyclic) bond motifs is 1. The summed E-state index contributed by atoms with van der Waals surface area (Å²) in [6.07, 6.45) is 3.52. The van der Waals surface area contributed by atoms with Crippen molar-refractivity contribution in [2.45, 2.75) is 52.9 Å². The minimum absolute atomic E-state index is 0.0897. The molecule has 0 N–H and O–H groups in total. The van der Waals surface area contributed by atoms with Gasteiger partial charge in [0.05, 0.1) is 0 Å². The third kappa shape index (κ3) is 2.84. The molecule has 1 aromatic carbocycles. The predicted molar refractivity (Wildman–Crippen MR) is 68.3 cm³/mol. The van der Waals surface area contributed by atoms with Gasteiger partial charge in [0.2, 0.25) is 0 Å². The lowest BCUT2D eigenvalue weighted by atomic mass is 9.77. The van der Waals surface area contributed by atoms with Crippen LogP contribution in [-0.4, -0.2) is 0 Å². The van der Waals surface area contributed by atoms with Gasteiger partial charge in [-0.2, -0.15) is 0 Å². The summed E-state index contributed by atoms with van der Waals surface area (Å²) in [6.45, 7) is 8.51. The lowest BCUT2D eigenvalue weighted by molar-refractivity contribution is 0.432. The second-order valence-corrected chi connectivity index (χ2v) is 4.59. The molecule has 1 unspecified atom stereocenters. The van der Waals surface area contributed by atoms with Crippen molar-refractivity contribution in [1.82, 2.24) is 0 Å². The first-order valence-electron chi connectivity index (χ1n) is 6.47. The quantitative estimate of drug-likeness (QED) is 0.632. The number of halogens is 1. The zero-order valence-corrected chi connectivity index (χ0v) is 10.9. The van der Waals surface area contributed by atoms with Gasteiger partial charge in [-0.1, -0.05) is 33.8 Å². The van der Waals surface area contributed by atoms with Gasteiger partial charge < -0.3 is 0 Å². The Bertz CT molecular complexity index is 328. The molecule has 0 saturated carbocycles. The lowest BCUT2D eigenvalue weighted by Gasteiger charge is -2.28. The van der Waals surface area contributed by atoms with E-state index < -0.39 is 0 Å². The van der Waals surface area contributed by atoms with Crippen molar-refractivity contribution in [1.29, 1.82) is 0 Å². The fourth-order valence-corrected chi connectivity index (χ4v) is 2.51. The van der Waals surface area contributed by atoms with E-state index in [2.05, 4.69) is 13.8 Å². The average Bonchev–Trinajstić information content (AvgIpc) is 2.30. The molecule has 1 aromatic rings. The van der Waals surface area contributed by atoms with Crippen LogP contribution in [0.2, 0.25) is 0 Å². The molecular weight excluding hydrogens is 199 g/mol. The molecule has 90 valence electrons. The summed E-state index contributed by atoms with van der Waals surface area (Å²) in [5.41, 5.74) is 2.61. The monoisotopic (exact) mass is 222 g/mol. The van der Waals surface area contributed by atoms with Crippen molar-refractivity contribution in [2.75, 3.05) is 0 Å². The van der Waals surface area contributed by atoms with Crippen LogP contribution in [0.25, 0.3) is 0 Å². The maximum absolute atomic E-state index is 13.0. The Morgan fingerprint density at radius 1 is 1.25 bits per heavy atom. The van der Waals surface area contributed by atoms with Gasteiger partial charge in [-0.05, 0) is 54.4 Å². The highest BCUT2D eigenvalue weighted by atomic mass is 19.1. The Kier molecular flexibility index (Phi) is 4.98. The molecule has 0 nitrogen and oxygen atoms in total. The minimum atomic E-state index is -0.0897. The highest BCUT2D eigenvalue weighted by Crippen LogP contribution is 2.36. The average molecular weight is 222 g/mol. The Labute approximate surface area is 98.9 Å². The van der Waals surface area contributed by atoms with E-state index in [-0.39, 0.29) is 5.82 Å². The van der Waals surface area contributed by atoms with E-state index in [0.29, 0.717) is 11.8 Å². The first-order chi connectivity index (χ1) is 7.68. The van der Waals surface area contributed by atoms with E-state index >= 15 is 0 Å². The summed E-state index contributed by atoms with van der Waals surface area (Å²) in [5.74, 6) is 1.21. The number of benzene rings is 1. The lowest BCUT2D eigenvalue weighted by Crippen LogP contribution is -2.14. The number of rotatable bonds is 1. The topological polar surface area (TPSA) is 0 Å². The van der Waals surface area contributed by atoms with Crippen LogP contribution in [0.4, 0.5) is 4.39 Å². The number of aryl methyl sites for hydroxylation is 1. The first-order valence-corrected chi connectivity index (χ1v) is 6.47. The molecule has 1 aliphatic carbocycles. The first kappa shape index (κ1) is 13.2. The van der Waals surface area contributed by atoms with Crippen molar-refractivity contribution < 1.29 is 4.39 Å². The fourth-order valence-electron chi connectivity index (χ4n) is 2.51. The van der Waals surface area contributed by atoms with Gasteiger partial charge in [0.15, 0.2) is 0 Å². The predicted octanol–water partition coefficient (Wildman–Crippen LogP) is 4.93. The standard InChI is InChI=1S/C13H17F.C2H6/c1-9(2)12-5-3-4-10-8-11(14)6-7-13(10)12;1-2/h6-9,12H,3-5H2,1-2H3;1-2H3. The van der Waals surface area contributed by atoms with E-state index in [1.54, 1.807) is 12.1 Å². The molecule has 0 aromatic heterocycles. The molecular formula is C15H23F. The Morgan fingerprint density at radius 3 is 2.56 bits per heavy atom. The zero-order chi connectivity index (χ0) is 12.1. The van der Waals surface area contributed by atoms with Crippen molar-refractivity contribution in [3.63, 3.8) is 0 Å². The normalized spacial score (nSPS) is 18.8. The van der Waals surface area contributed by atoms with Crippen LogP contribution in [0.15, 0.2) is 18.2 Å². The maximum Gasteiger partial charge on any atom is 0.123 e. The largest absolute Gasteiger partial charge is 0.207 e. The molecule has 16 heavy (non-hydrogen) atoms. The molecule has 0 spiro atoms. The van der Waals surface area contributed by atoms with Gasteiger partial charge in [-0.15, -0.1) is 0 Å². The van der Waals surface area contributed by atoms with Gasteiger partial charge in [0.1, 0.15) is 5.82 Å². The summed E-state index contributed by atoms with van der Waals surface area (Å²) >= 11 is 0. The molecule has 0 fully saturated rings. The van der Waals surface area contributed by atoms with Gasteiger partial charge in [-0.3, -0.25) is 0 Å². The maximum atomic E-state index is 13.0. The van der Waals surface area contributed by atoms with Crippen LogP contribution in [0.5, 0.6) is 0 Å². The van der Waals surface area contributed by atoms with Gasteiger partial charge in [0, 0.05) is 0 Å². The summed E-state index contributed by atoms with van der Waals surface area (Å²) in [5, 5.41) is 0. The molecule has 0 bridgehead atoms. The third-order valence-corrected chi connectivity index (χ3v) is 3.27. The van der Waals surface area contributed by atoms with Crippen molar-refractivity contribution >= 4 is 0 Å². The molecule has 0 saturated heterocycles. The van der Waals surface area contributed by atoms with Crippen molar-refractivity contribution in [3.05, 3.63) is 35.1 Å². The Balaban J connectivity index is 0.000000606. The zero-order valence-electron chi connectivity index (χ0n) is 10.9. The second-order valence-electron chi connectivity index (χ2n) is 4.59. The van der Waals surface area contributed by atoms with Crippen molar-refractivity contribution in [3.8, 4) is 0 Å². The van der Waals surface area contributed by atoms with Crippen LogP contribution in [-0.2, 0) is 6.42 Å². The van der Waals surface area contributed by atoms with E-state index in [1.807, 2.05) is 19.9 Å². The SMILES string of the molecule is CC.CC(C)C1CCCc2cc(F)ccc21. The van der Waals surface area contributed by atoms with E-state index in [0.717, 1.165) is 6.42 Å². The summed E-state index contributed by atoms with van der Waals surface area (Å²) in [7, 11) is 0. The van der Waals surface area contributed by atoms with E-state index in [1.165, 1.54) is 24.0 Å². The van der Waals surface area contributed by atoms with Gasteiger partial charge >= 0.3 is 0 Å². The third-order valence-electron chi connectivity index (χ3n) is 3.27. The summed E-state index contributed by atoms with van der Waals surface area (Å²) < 4.78 is 13.0. The number of hydrogen-bond acceptors (Lipinski definition) is 0. The van der Waals surface area contributed by atoms with Crippen LogP contribution in [0.1, 0.15) is 57.6 Å². The Hall–Kier alpha value is -0.850. The van der Waals surface area contributed by atoms with Gasteiger partial charge in [-0.25, -0.2) is 4.39 Å². The highest BCUT2D eigenvalue weighted by molar-refractivity contribution is 5.33.